The number of anilines is 1. The number of rotatable bonds is 7. The van der Waals surface area contributed by atoms with Gasteiger partial charge in [0.25, 0.3) is 0 Å². The molecular formula is C30H40N2O4Si. The average molecular weight is 521 g/mol. The molecule has 2 amide bonds. The van der Waals surface area contributed by atoms with E-state index in [-0.39, 0.29) is 16.9 Å². The summed E-state index contributed by atoms with van der Waals surface area (Å²) in [4.78, 5) is 28.0. The summed E-state index contributed by atoms with van der Waals surface area (Å²) in [5, 5.41) is 11.1. The summed E-state index contributed by atoms with van der Waals surface area (Å²) in [6.07, 6.45) is 1.98. The second-order valence-electron chi connectivity index (χ2n) is 12.7. The number of amides is 2. The van der Waals surface area contributed by atoms with Crippen LogP contribution in [0.15, 0.2) is 36.4 Å². The zero-order valence-electron chi connectivity index (χ0n) is 23.4. The number of carbonyl (C=O) groups is 2. The summed E-state index contributed by atoms with van der Waals surface area (Å²) in [6, 6.07) is 13.0. The molecule has 5 atom stereocenters. The number of ether oxygens (including phenoxy) is 1. The Morgan fingerprint density at radius 1 is 1.22 bits per heavy atom. The first-order valence-electron chi connectivity index (χ1n) is 13.3. The lowest BCUT2D eigenvalue weighted by Crippen LogP contribution is -2.52. The maximum Gasteiger partial charge on any atom is 0.239 e. The summed E-state index contributed by atoms with van der Waals surface area (Å²) in [6.45, 7) is 18.0. The molecule has 2 aromatic carbocycles. The minimum Gasteiger partial charge on any atom is -0.417 e. The van der Waals surface area contributed by atoms with Gasteiger partial charge in [0.2, 0.25) is 12.3 Å². The molecule has 4 rings (SSSR count). The fraction of sp³-hybridized carbons (Fsp3) is 0.567. The Hall–Kier alpha value is -2.53. The molecule has 2 aliphatic heterocycles. The molecule has 0 spiro atoms. The Kier molecular flexibility index (Phi) is 6.94. The van der Waals surface area contributed by atoms with Crippen LogP contribution in [0.1, 0.15) is 59.9 Å². The van der Waals surface area contributed by atoms with Crippen molar-refractivity contribution in [3.8, 4) is 6.07 Å². The van der Waals surface area contributed by atoms with Crippen LogP contribution in [0.4, 0.5) is 5.69 Å². The Morgan fingerprint density at radius 2 is 1.86 bits per heavy atom. The van der Waals surface area contributed by atoms with Gasteiger partial charge in [-0.3, -0.25) is 14.5 Å². The number of nitriles is 1. The maximum absolute atomic E-state index is 14.3. The SMILES string of the molecule is C[C@@H]1CC2(CCO[Si](C)(C)C(C)(C)C)OC1(C)[C@@H](C)[C@H]2C(=O)N(C=O)c1ccc(C#N)c2ccccc12. The molecule has 2 aliphatic rings. The van der Waals surface area contributed by atoms with Crippen LogP contribution in [-0.2, 0) is 18.8 Å². The summed E-state index contributed by atoms with van der Waals surface area (Å²) in [7, 11) is -1.97. The first-order valence-corrected chi connectivity index (χ1v) is 16.2. The first kappa shape index (κ1) is 27.5. The Bertz CT molecular complexity index is 1260. The Balaban J connectivity index is 1.70. The van der Waals surface area contributed by atoms with Crippen molar-refractivity contribution in [2.75, 3.05) is 11.5 Å². The van der Waals surface area contributed by atoms with Gasteiger partial charge in [-0.2, -0.15) is 5.26 Å². The maximum atomic E-state index is 14.3. The first-order chi connectivity index (χ1) is 17.2. The smallest absolute Gasteiger partial charge is 0.239 e. The molecule has 7 heteroatoms. The molecular weight excluding hydrogens is 480 g/mol. The van der Waals surface area contributed by atoms with Gasteiger partial charge in [-0.25, -0.2) is 0 Å². The van der Waals surface area contributed by atoms with E-state index in [0.29, 0.717) is 42.0 Å². The molecule has 0 saturated carbocycles. The molecule has 2 aromatic rings. The Morgan fingerprint density at radius 3 is 2.46 bits per heavy atom. The number of nitrogens with zero attached hydrogens (tertiary/aromatic N) is 2. The molecule has 0 radical (unpaired) electrons. The molecule has 198 valence electrons. The number of hydrogen-bond acceptors (Lipinski definition) is 5. The van der Waals surface area contributed by atoms with Gasteiger partial charge in [-0.1, -0.05) is 58.9 Å². The van der Waals surface area contributed by atoms with Gasteiger partial charge in [0.05, 0.1) is 34.4 Å². The van der Waals surface area contributed by atoms with Gasteiger partial charge >= 0.3 is 0 Å². The third-order valence-electron chi connectivity index (χ3n) is 9.71. The normalized spacial score (nSPS) is 29.3. The molecule has 2 unspecified atom stereocenters. The fourth-order valence-electron chi connectivity index (χ4n) is 6.23. The van der Waals surface area contributed by atoms with E-state index >= 15 is 0 Å². The molecule has 6 nitrogen and oxygen atoms in total. The molecule has 0 aliphatic carbocycles. The number of imide groups is 1. The van der Waals surface area contributed by atoms with Gasteiger partial charge < -0.3 is 9.16 Å². The third-order valence-corrected chi connectivity index (χ3v) is 14.2. The quantitative estimate of drug-likeness (QED) is 0.310. The highest BCUT2D eigenvalue weighted by molar-refractivity contribution is 6.74. The van der Waals surface area contributed by atoms with Crippen molar-refractivity contribution in [2.24, 2.45) is 17.8 Å². The van der Waals surface area contributed by atoms with Crippen molar-refractivity contribution in [1.29, 1.82) is 5.26 Å². The summed E-state index contributed by atoms with van der Waals surface area (Å²) in [5.41, 5.74) is -0.125. The van der Waals surface area contributed by atoms with Crippen LogP contribution in [-0.4, -0.2) is 38.4 Å². The summed E-state index contributed by atoms with van der Waals surface area (Å²) >= 11 is 0. The van der Waals surface area contributed by atoms with Crippen molar-refractivity contribution in [3.05, 3.63) is 42.0 Å². The van der Waals surface area contributed by atoms with Crippen LogP contribution >= 0.6 is 0 Å². The second kappa shape index (κ2) is 9.34. The highest BCUT2D eigenvalue weighted by Gasteiger charge is 2.68. The lowest BCUT2D eigenvalue weighted by molar-refractivity contribution is -0.131. The van der Waals surface area contributed by atoms with E-state index in [4.69, 9.17) is 9.16 Å². The minimum absolute atomic E-state index is 0.0660. The highest BCUT2D eigenvalue weighted by Crippen LogP contribution is 2.62. The minimum atomic E-state index is -1.97. The number of fused-ring (bicyclic) bond motifs is 3. The van der Waals surface area contributed by atoms with E-state index in [1.54, 1.807) is 12.1 Å². The Labute approximate surface area is 222 Å². The van der Waals surface area contributed by atoms with Crippen LogP contribution in [0.3, 0.4) is 0 Å². The van der Waals surface area contributed by atoms with Crippen LogP contribution < -0.4 is 4.90 Å². The number of carbonyl (C=O) groups excluding carboxylic acids is 2. The van der Waals surface area contributed by atoms with Gasteiger partial charge in [0.1, 0.15) is 0 Å². The van der Waals surface area contributed by atoms with Crippen molar-refractivity contribution in [3.63, 3.8) is 0 Å². The van der Waals surface area contributed by atoms with Crippen molar-refractivity contribution in [2.45, 2.75) is 83.7 Å². The zero-order chi connectivity index (χ0) is 27.4. The second-order valence-corrected chi connectivity index (χ2v) is 17.5. The van der Waals surface area contributed by atoms with Crippen molar-refractivity contribution < 1.29 is 18.8 Å². The van der Waals surface area contributed by atoms with Crippen molar-refractivity contribution in [1.82, 2.24) is 0 Å². The van der Waals surface area contributed by atoms with Gasteiger partial charge in [-0.05, 0) is 61.9 Å². The summed E-state index contributed by atoms with van der Waals surface area (Å²) < 4.78 is 13.3. The topological polar surface area (TPSA) is 79.6 Å². The molecule has 2 heterocycles. The van der Waals surface area contributed by atoms with E-state index in [0.717, 1.165) is 11.8 Å². The van der Waals surface area contributed by atoms with Crippen LogP contribution in [0.2, 0.25) is 18.1 Å². The molecule has 2 fully saturated rings. The molecule has 0 N–H and O–H groups in total. The number of benzene rings is 2. The van der Waals surface area contributed by atoms with E-state index in [1.807, 2.05) is 24.3 Å². The van der Waals surface area contributed by atoms with Crippen molar-refractivity contribution >= 4 is 37.1 Å². The molecule has 37 heavy (non-hydrogen) atoms. The lowest BCUT2D eigenvalue weighted by Gasteiger charge is -2.41. The largest absolute Gasteiger partial charge is 0.417 e. The van der Waals surface area contributed by atoms with Gasteiger partial charge in [0.15, 0.2) is 8.32 Å². The highest BCUT2D eigenvalue weighted by atomic mass is 28.4. The van der Waals surface area contributed by atoms with E-state index in [9.17, 15) is 14.9 Å². The standard InChI is InChI=1S/C30H40N2O4Si/c1-20-17-30(15-16-35-37(7,8)28(3,4)5)26(21(2)29(20,6)36-30)27(34)32(19-33)25-14-13-22(18-31)23-11-9-10-12-24(23)25/h9-14,19-21,26H,15-17H2,1-8H3/t20-,21+,26+,29?,30?/m1/s1. The molecule has 2 saturated heterocycles. The van der Waals surface area contributed by atoms with E-state index < -0.39 is 25.4 Å². The molecule has 0 aromatic heterocycles. The zero-order valence-corrected chi connectivity index (χ0v) is 24.4. The van der Waals surface area contributed by atoms with E-state index in [1.165, 1.54) is 4.90 Å². The van der Waals surface area contributed by atoms with E-state index in [2.05, 4.69) is 60.7 Å². The van der Waals surface area contributed by atoms with Crippen LogP contribution in [0.25, 0.3) is 10.8 Å². The van der Waals surface area contributed by atoms with Gasteiger partial charge in [-0.15, -0.1) is 0 Å². The van der Waals surface area contributed by atoms with Crippen LogP contribution in [0, 0.1) is 29.1 Å². The molecule has 2 bridgehead atoms. The number of hydrogen-bond donors (Lipinski definition) is 0. The predicted octanol–water partition coefficient (Wildman–Crippen LogP) is 6.43. The average Bonchev–Trinajstić information content (AvgIpc) is 3.21. The van der Waals surface area contributed by atoms with Gasteiger partial charge in [0, 0.05) is 17.4 Å². The third kappa shape index (κ3) is 4.33. The fourth-order valence-corrected chi connectivity index (χ4v) is 7.28. The predicted molar refractivity (Wildman–Crippen MR) is 149 cm³/mol. The van der Waals surface area contributed by atoms with Crippen LogP contribution in [0.5, 0.6) is 0 Å². The lowest BCUT2D eigenvalue weighted by atomic mass is 9.62. The monoisotopic (exact) mass is 520 g/mol. The summed E-state index contributed by atoms with van der Waals surface area (Å²) in [5.74, 6) is -0.500.